The monoisotopic (exact) mass is 230 g/mol. The van der Waals surface area contributed by atoms with Crippen molar-refractivity contribution < 1.29 is 23.9 Å². The number of hydrogen-bond acceptors (Lipinski definition) is 5. The first kappa shape index (κ1) is 13.9. The molecule has 7 heteroatoms. The molecule has 0 aliphatic heterocycles. The van der Waals surface area contributed by atoms with Gasteiger partial charge in [-0.25, -0.2) is 4.79 Å². The van der Waals surface area contributed by atoms with Gasteiger partial charge in [0.1, 0.15) is 19.7 Å². The lowest BCUT2D eigenvalue weighted by atomic mass is 10.5. The topological polar surface area (TPSA) is 93.7 Å². The van der Waals surface area contributed by atoms with Crippen LogP contribution in [0.4, 0.5) is 4.79 Å². The van der Waals surface area contributed by atoms with E-state index in [1.54, 1.807) is 0 Å². The van der Waals surface area contributed by atoms with E-state index in [0.717, 1.165) is 0 Å². The van der Waals surface area contributed by atoms with E-state index in [0.29, 0.717) is 0 Å². The van der Waals surface area contributed by atoms with E-state index >= 15 is 0 Å². The Hall–Kier alpha value is -2.05. The number of esters is 1. The standard InChI is InChI=1S/C9H14N2O5/c1-3-4-16-9(14)11-5-7(12)10-6-8(13)15-2/h3H,1,4-6H2,2H3,(H,10,12)(H,11,14). The zero-order valence-corrected chi connectivity index (χ0v) is 8.95. The second-order valence-electron chi connectivity index (χ2n) is 2.59. The number of carbonyl (C=O) groups excluding carboxylic acids is 3. The summed E-state index contributed by atoms with van der Waals surface area (Å²) >= 11 is 0. The molecule has 0 aromatic carbocycles. The van der Waals surface area contributed by atoms with Crippen LogP contribution in [-0.2, 0) is 19.1 Å². The van der Waals surface area contributed by atoms with Crippen molar-refractivity contribution in [3.8, 4) is 0 Å². The predicted octanol–water partition coefficient (Wildman–Crippen LogP) is -0.812. The van der Waals surface area contributed by atoms with Crippen LogP contribution in [0, 0.1) is 0 Å². The Morgan fingerprint density at radius 2 is 1.94 bits per heavy atom. The molecule has 0 unspecified atom stereocenters. The summed E-state index contributed by atoms with van der Waals surface area (Å²) in [7, 11) is 1.21. The van der Waals surface area contributed by atoms with Crippen molar-refractivity contribution >= 4 is 18.0 Å². The quantitative estimate of drug-likeness (QED) is 0.459. The largest absolute Gasteiger partial charge is 0.468 e. The first-order valence-corrected chi connectivity index (χ1v) is 4.45. The fraction of sp³-hybridized carbons (Fsp3) is 0.444. The maximum absolute atomic E-state index is 11.0. The first-order valence-electron chi connectivity index (χ1n) is 4.45. The molecule has 0 saturated heterocycles. The molecule has 0 heterocycles. The van der Waals surface area contributed by atoms with Gasteiger partial charge in [-0.3, -0.25) is 9.59 Å². The van der Waals surface area contributed by atoms with Gasteiger partial charge >= 0.3 is 12.1 Å². The van der Waals surface area contributed by atoms with Gasteiger partial charge in [-0.05, 0) is 0 Å². The van der Waals surface area contributed by atoms with Gasteiger partial charge < -0.3 is 20.1 Å². The second kappa shape index (κ2) is 8.27. The van der Waals surface area contributed by atoms with E-state index in [1.165, 1.54) is 13.2 Å². The normalized spacial score (nSPS) is 8.81. The molecule has 0 saturated carbocycles. The van der Waals surface area contributed by atoms with E-state index < -0.39 is 18.0 Å². The van der Waals surface area contributed by atoms with Crippen LogP contribution >= 0.6 is 0 Å². The van der Waals surface area contributed by atoms with Crippen LogP contribution < -0.4 is 10.6 Å². The van der Waals surface area contributed by atoms with Crippen molar-refractivity contribution in [2.75, 3.05) is 26.8 Å². The zero-order chi connectivity index (χ0) is 12.4. The average molecular weight is 230 g/mol. The fourth-order valence-corrected chi connectivity index (χ4v) is 0.644. The Bertz CT molecular complexity index is 277. The van der Waals surface area contributed by atoms with Gasteiger partial charge in [-0.2, -0.15) is 0 Å². The highest BCUT2D eigenvalue weighted by Crippen LogP contribution is 1.77. The highest BCUT2D eigenvalue weighted by molar-refractivity contribution is 5.85. The fourth-order valence-electron chi connectivity index (χ4n) is 0.644. The van der Waals surface area contributed by atoms with E-state index in [1.807, 2.05) is 0 Å². The molecule has 0 aromatic rings. The van der Waals surface area contributed by atoms with E-state index in [4.69, 9.17) is 0 Å². The van der Waals surface area contributed by atoms with Crippen molar-refractivity contribution in [1.82, 2.24) is 10.6 Å². The van der Waals surface area contributed by atoms with E-state index in [9.17, 15) is 14.4 Å². The molecule has 0 spiro atoms. The predicted molar refractivity (Wildman–Crippen MR) is 54.6 cm³/mol. The molecule has 2 amide bonds. The SMILES string of the molecule is C=CCOC(=O)NCC(=O)NCC(=O)OC. The van der Waals surface area contributed by atoms with Gasteiger partial charge in [0.2, 0.25) is 5.91 Å². The van der Waals surface area contributed by atoms with E-state index in [-0.39, 0.29) is 19.7 Å². The summed E-state index contributed by atoms with van der Waals surface area (Å²) in [6.45, 7) is 2.91. The minimum atomic E-state index is -0.729. The lowest BCUT2D eigenvalue weighted by Crippen LogP contribution is -2.39. The third-order valence-electron chi connectivity index (χ3n) is 1.38. The minimum Gasteiger partial charge on any atom is -0.468 e. The molecule has 90 valence electrons. The van der Waals surface area contributed by atoms with Gasteiger partial charge in [0.05, 0.1) is 7.11 Å². The molecule has 2 N–H and O–H groups in total. The molecule has 16 heavy (non-hydrogen) atoms. The second-order valence-corrected chi connectivity index (χ2v) is 2.59. The summed E-state index contributed by atoms with van der Waals surface area (Å²) in [6, 6.07) is 0. The smallest absolute Gasteiger partial charge is 0.407 e. The third kappa shape index (κ3) is 7.36. The lowest BCUT2D eigenvalue weighted by Gasteiger charge is -2.05. The van der Waals surface area contributed by atoms with Crippen LogP contribution in [0.15, 0.2) is 12.7 Å². The Labute approximate surface area is 92.8 Å². The molecular formula is C9H14N2O5. The number of nitrogens with one attached hydrogen (secondary N) is 2. The van der Waals surface area contributed by atoms with Crippen molar-refractivity contribution in [1.29, 1.82) is 0 Å². The summed E-state index contributed by atoms with van der Waals surface area (Å²) < 4.78 is 8.85. The molecular weight excluding hydrogens is 216 g/mol. The summed E-state index contributed by atoms with van der Waals surface area (Å²) in [5.74, 6) is -1.08. The molecule has 7 nitrogen and oxygen atoms in total. The number of rotatable bonds is 6. The third-order valence-corrected chi connectivity index (χ3v) is 1.38. The van der Waals surface area contributed by atoms with Crippen LogP contribution in [-0.4, -0.2) is 44.8 Å². The Morgan fingerprint density at radius 3 is 2.50 bits per heavy atom. The van der Waals surface area contributed by atoms with Gasteiger partial charge in [-0.1, -0.05) is 12.7 Å². The van der Waals surface area contributed by atoms with Gasteiger partial charge in [0.15, 0.2) is 0 Å². The maximum Gasteiger partial charge on any atom is 0.407 e. The van der Waals surface area contributed by atoms with Gasteiger partial charge in [0.25, 0.3) is 0 Å². The van der Waals surface area contributed by atoms with Crippen LogP contribution in [0.1, 0.15) is 0 Å². The maximum atomic E-state index is 11.0. The van der Waals surface area contributed by atoms with Crippen LogP contribution in [0.25, 0.3) is 0 Å². The number of ether oxygens (including phenoxy) is 2. The van der Waals surface area contributed by atoms with E-state index in [2.05, 4.69) is 26.7 Å². The van der Waals surface area contributed by atoms with Crippen LogP contribution in [0.3, 0.4) is 0 Å². The summed E-state index contributed by atoms with van der Waals surface area (Å²) in [6.07, 6.45) is 0.671. The molecule has 0 aromatic heterocycles. The minimum absolute atomic E-state index is 0.0651. The average Bonchev–Trinajstić information content (AvgIpc) is 2.30. The molecule has 0 rings (SSSR count). The Kier molecular flexibility index (Phi) is 7.21. The van der Waals surface area contributed by atoms with Crippen molar-refractivity contribution in [2.24, 2.45) is 0 Å². The number of alkyl carbamates (subject to hydrolysis) is 1. The van der Waals surface area contributed by atoms with Crippen molar-refractivity contribution in [2.45, 2.75) is 0 Å². The zero-order valence-electron chi connectivity index (χ0n) is 8.95. The summed E-state index contributed by atoms with van der Waals surface area (Å²) in [5, 5.41) is 4.43. The van der Waals surface area contributed by atoms with Crippen LogP contribution in [0.5, 0.6) is 0 Å². The molecule has 0 fully saturated rings. The molecule has 0 atom stereocenters. The molecule has 0 radical (unpaired) electrons. The van der Waals surface area contributed by atoms with Crippen molar-refractivity contribution in [3.05, 3.63) is 12.7 Å². The van der Waals surface area contributed by atoms with Gasteiger partial charge in [-0.15, -0.1) is 0 Å². The number of amides is 2. The van der Waals surface area contributed by atoms with Gasteiger partial charge in [0, 0.05) is 0 Å². The Balaban J connectivity index is 3.60. The highest BCUT2D eigenvalue weighted by atomic mass is 16.5. The summed E-state index contributed by atoms with van der Waals surface area (Å²) in [5.41, 5.74) is 0. The Morgan fingerprint density at radius 1 is 1.25 bits per heavy atom. The summed E-state index contributed by atoms with van der Waals surface area (Å²) in [4.78, 5) is 32.5. The molecule has 0 aliphatic rings. The number of methoxy groups -OCH3 is 1. The lowest BCUT2D eigenvalue weighted by molar-refractivity contribution is -0.141. The number of carbonyl (C=O) groups is 3. The van der Waals surface area contributed by atoms with Crippen LogP contribution in [0.2, 0.25) is 0 Å². The van der Waals surface area contributed by atoms with Crippen molar-refractivity contribution in [3.63, 3.8) is 0 Å². The highest BCUT2D eigenvalue weighted by Gasteiger charge is 2.07. The number of hydrogen-bond donors (Lipinski definition) is 2. The first-order chi connectivity index (χ1) is 7.60. The molecule has 0 aliphatic carbocycles. The molecule has 0 bridgehead atoms.